The summed E-state index contributed by atoms with van der Waals surface area (Å²) in [6.07, 6.45) is 12.7. The van der Waals surface area contributed by atoms with Gasteiger partial charge in [0.1, 0.15) is 11.5 Å². The summed E-state index contributed by atoms with van der Waals surface area (Å²) in [5.41, 5.74) is 2.32. The number of hydrogen-bond acceptors (Lipinski definition) is 5. The van der Waals surface area contributed by atoms with E-state index in [2.05, 4.69) is 55.9 Å². The van der Waals surface area contributed by atoms with Gasteiger partial charge in [-0.3, -0.25) is 9.67 Å². The Morgan fingerprint density at radius 2 is 2.10 bits per heavy atom. The van der Waals surface area contributed by atoms with Crippen LogP contribution in [0, 0.1) is 0 Å². The second-order valence-electron chi connectivity index (χ2n) is 7.57. The van der Waals surface area contributed by atoms with Crippen LogP contribution >= 0.6 is 15.9 Å². The topological polar surface area (TPSA) is 56.1 Å². The van der Waals surface area contributed by atoms with E-state index in [1.54, 1.807) is 6.20 Å². The Morgan fingerprint density at radius 1 is 1.24 bits per heavy atom. The molecule has 1 unspecified atom stereocenters. The van der Waals surface area contributed by atoms with Crippen LogP contribution in [0.2, 0.25) is 0 Å². The summed E-state index contributed by atoms with van der Waals surface area (Å²) in [6, 6.07) is 4.24. The first-order valence-electron chi connectivity index (χ1n) is 10.2. The zero-order valence-electron chi connectivity index (χ0n) is 17.2. The first-order chi connectivity index (χ1) is 14.5. The van der Waals surface area contributed by atoms with E-state index in [0.717, 1.165) is 46.2 Å². The van der Waals surface area contributed by atoms with E-state index in [1.165, 1.54) is 0 Å². The van der Waals surface area contributed by atoms with Crippen LogP contribution in [0.25, 0.3) is 22.2 Å². The lowest BCUT2D eigenvalue weighted by atomic mass is 9.93. The SMILES string of the molecule is [2H]c1cc(-c2nn(C3(C)C=C(Br)C=CC3)c3cnccc23)cnc1N1CCOCC1. The fraction of sp³-hybridized carbons (Fsp3) is 0.318. The van der Waals surface area contributed by atoms with E-state index in [0.29, 0.717) is 25.1 Å². The molecular formula is C22H22BrN5O. The summed E-state index contributed by atoms with van der Waals surface area (Å²) in [5.74, 6) is 0.698. The van der Waals surface area contributed by atoms with Gasteiger partial charge in [0.25, 0.3) is 0 Å². The number of pyridine rings is 2. The van der Waals surface area contributed by atoms with Crippen LogP contribution in [-0.4, -0.2) is 46.1 Å². The summed E-state index contributed by atoms with van der Waals surface area (Å²) < 4.78 is 17.0. The number of ether oxygens (including phenoxy) is 1. The predicted molar refractivity (Wildman–Crippen MR) is 118 cm³/mol. The Kier molecular flexibility index (Phi) is 4.42. The average molecular weight is 453 g/mol. The van der Waals surface area contributed by atoms with E-state index < -0.39 is 0 Å². The monoisotopic (exact) mass is 452 g/mol. The molecule has 1 aliphatic carbocycles. The summed E-state index contributed by atoms with van der Waals surface area (Å²) in [7, 11) is 0. The highest BCUT2D eigenvalue weighted by molar-refractivity contribution is 9.11. The molecule has 0 N–H and O–H groups in total. The average Bonchev–Trinajstić information content (AvgIpc) is 3.15. The second-order valence-corrected chi connectivity index (χ2v) is 8.49. The molecule has 148 valence electrons. The lowest BCUT2D eigenvalue weighted by Gasteiger charge is -2.29. The molecule has 5 rings (SSSR count). The molecule has 3 aromatic heterocycles. The molecule has 0 saturated carbocycles. The van der Waals surface area contributed by atoms with Crippen molar-refractivity contribution in [1.82, 2.24) is 19.7 Å². The number of nitrogens with zero attached hydrogens (tertiary/aromatic N) is 5. The molecular weight excluding hydrogens is 430 g/mol. The van der Waals surface area contributed by atoms with Gasteiger partial charge in [-0.15, -0.1) is 0 Å². The van der Waals surface area contributed by atoms with Gasteiger partial charge in [-0.2, -0.15) is 5.10 Å². The van der Waals surface area contributed by atoms with E-state index in [-0.39, 0.29) is 5.54 Å². The van der Waals surface area contributed by atoms with Crippen molar-refractivity contribution in [2.24, 2.45) is 0 Å². The van der Waals surface area contributed by atoms with Crippen LogP contribution in [0.15, 0.2) is 59.5 Å². The van der Waals surface area contributed by atoms with Crippen molar-refractivity contribution in [3.63, 3.8) is 0 Å². The van der Waals surface area contributed by atoms with Gasteiger partial charge < -0.3 is 9.64 Å². The van der Waals surface area contributed by atoms with E-state index in [4.69, 9.17) is 11.2 Å². The number of anilines is 1. The Hall–Kier alpha value is -2.51. The standard InChI is InChI=1S/C22H22BrN5O/c1-22(7-2-3-17(23)13-22)28-19-15-24-8-6-18(19)21(26-28)16-4-5-20(25-14-16)27-9-11-29-12-10-27/h2-6,8,13-15H,7,9-12H2,1H3/i5D. The van der Waals surface area contributed by atoms with E-state index in [1.807, 2.05) is 29.2 Å². The summed E-state index contributed by atoms with van der Waals surface area (Å²) in [5, 5.41) is 6.00. The predicted octanol–water partition coefficient (Wildman–Crippen LogP) is 4.28. The molecule has 1 saturated heterocycles. The molecule has 0 spiro atoms. The molecule has 0 amide bonds. The minimum atomic E-state index is -0.307. The minimum Gasteiger partial charge on any atom is -0.378 e. The Bertz CT molecular complexity index is 1170. The van der Waals surface area contributed by atoms with E-state index in [9.17, 15) is 0 Å². The van der Waals surface area contributed by atoms with Gasteiger partial charge in [0.15, 0.2) is 0 Å². The summed E-state index contributed by atoms with van der Waals surface area (Å²) in [6.45, 7) is 5.02. The molecule has 1 aliphatic heterocycles. The fourth-order valence-corrected chi connectivity index (χ4v) is 4.63. The number of allylic oxidation sites excluding steroid dienone is 4. The molecule has 0 bridgehead atoms. The third-order valence-corrected chi connectivity index (χ3v) is 5.98. The maximum Gasteiger partial charge on any atom is 0.128 e. The Balaban J connectivity index is 1.60. The molecule has 29 heavy (non-hydrogen) atoms. The highest BCUT2D eigenvalue weighted by Gasteiger charge is 2.29. The number of aromatic nitrogens is 4. The largest absolute Gasteiger partial charge is 0.378 e. The molecule has 0 aromatic carbocycles. The minimum absolute atomic E-state index is 0.307. The van der Waals surface area contributed by atoms with Crippen LogP contribution in [-0.2, 0) is 10.3 Å². The zero-order chi connectivity index (χ0) is 20.7. The smallest absolute Gasteiger partial charge is 0.128 e. The molecule has 2 aliphatic rings. The Morgan fingerprint density at radius 3 is 2.90 bits per heavy atom. The van der Waals surface area contributed by atoms with Crippen LogP contribution in [0.3, 0.4) is 0 Å². The second kappa shape index (κ2) is 7.39. The zero-order valence-corrected chi connectivity index (χ0v) is 17.8. The molecule has 3 aromatic rings. The lowest BCUT2D eigenvalue weighted by molar-refractivity contribution is 0.122. The van der Waals surface area contributed by atoms with Crippen molar-refractivity contribution < 1.29 is 6.11 Å². The van der Waals surface area contributed by atoms with Crippen LogP contribution in [0.1, 0.15) is 14.7 Å². The third kappa shape index (κ3) is 3.38. The van der Waals surface area contributed by atoms with Crippen molar-refractivity contribution in [1.29, 1.82) is 0 Å². The van der Waals surface area contributed by atoms with Gasteiger partial charge in [0, 0.05) is 40.9 Å². The van der Waals surface area contributed by atoms with Crippen molar-refractivity contribution in [3.05, 3.63) is 59.5 Å². The third-order valence-electron chi connectivity index (χ3n) is 5.49. The van der Waals surface area contributed by atoms with Gasteiger partial charge >= 0.3 is 0 Å². The molecule has 7 heteroatoms. The highest BCUT2D eigenvalue weighted by atomic mass is 79.9. The first kappa shape index (κ1) is 17.4. The number of fused-ring (bicyclic) bond motifs is 1. The van der Waals surface area contributed by atoms with E-state index >= 15 is 0 Å². The van der Waals surface area contributed by atoms with Gasteiger partial charge in [-0.1, -0.05) is 28.1 Å². The van der Waals surface area contributed by atoms with Crippen LogP contribution in [0.5, 0.6) is 0 Å². The molecule has 4 heterocycles. The molecule has 1 atom stereocenters. The fourth-order valence-electron chi connectivity index (χ4n) is 3.95. The van der Waals surface area contributed by atoms with Gasteiger partial charge in [-0.05, 0) is 37.6 Å². The first-order valence-corrected chi connectivity index (χ1v) is 10.5. The van der Waals surface area contributed by atoms with Gasteiger partial charge in [0.05, 0.1) is 31.8 Å². The highest BCUT2D eigenvalue weighted by Crippen LogP contribution is 2.36. The Labute approximate surface area is 179 Å². The maximum absolute atomic E-state index is 8.56. The number of halogens is 1. The molecule has 6 nitrogen and oxygen atoms in total. The number of hydrogen-bond donors (Lipinski definition) is 0. The normalized spacial score (nSPS) is 22.6. The van der Waals surface area contributed by atoms with Crippen molar-refractivity contribution in [2.45, 2.75) is 18.9 Å². The van der Waals surface area contributed by atoms with Crippen molar-refractivity contribution >= 4 is 32.7 Å². The van der Waals surface area contributed by atoms with Crippen molar-refractivity contribution in [2.75, 3.05) is 31.2 Å². The number of rotatable bonds is 3. The number of morpholine rings is 1. The molecule has 0 radical (unpaired) electrons. The quantitative estimate of drug-likeness (QED) is 0.593. The summed E-state index contributed by atoms with van der Waals surface area (Å²) in [4.78, 5) is 11.1. The van der Waals surface area contributed by atoms with Crippen LogP contribution in [0.4, 0.5) is 5.82 Å². The maximum atomic E-state index is 8.56. The lowest BCUT2D eigenvalue weighted by Crippen LogP contribution is -2.36. The van der Waals surface area contributed by atoms with Crippen LogP contribution < -0.4 is 4.90 Å². The summed E-state index contributed by atoms with van der Waals surface area (Å²) >= 11 is 3.60. The van der Waals surface area contributed by atoms with Gasteiger partial charge in [-0.25, -0.2) is 4.98 Å². The van der Waals surface area contributed by atoms with Gasteiger partial charge in [0.2, 0.25) is 0 Å². The van der Waals surface area contributed by atoms with Crippen molar-refractivity contribution in [3.8, 4) is 11.3 Å². The molecule has 1 fully saturated rings.